The topological polar surface area (TPSA) is 12.4 Å². The smallest absolute Gasteiger partial charge is 0.0567 e. The van der Waals surface area contributed by atoms with E-state index in [1.54, 1.807) is 11.9 Å². The van der Waals surface area contributed by atoms with Crippen LogP contribution >= 0.6 is 11.9 Å². The van der Waals surface area contributed by atoms with Crippen molar-refractivity contribution in [3.8, 4) is 0 Å². The Hall–Kier alpha value is -0.760. The minimum Gasteiger partial charge on any atom is -0.221 e. The van der Waals surface area contributed by atoms with Crippen molar-refractivity contribution in [2.45, 2.75) is 6.42 Å². The molecule has 1 aliphatic heterocycles. The molecule has 0 unspecified atom stereocenters. The first-order valence-electron chi connectivity index (χ1n) is 3.71. The zero-order valence-electron chi connectivity index (χ0n) is 6.16. The highest BCUT2D eigenvalue weighted by molar-refractivity contribution is 7.98. The zero-order valence-corrected chi connectivity index (χ0v) is 6.97. The highest BCUT2D eigenvalue weighted by atomic mass is 32.2. The van der Waals surface area contributed by atoms with Crippen molar-refractivity contribution in [2.24, 2.45) is 4.40 Å². The van der Waals surface area contributed by atoms with E-state index in [4.69, 9.17) is 0 Å². The molecule has 0 saturated carbocycles. The van der Waals surface area contributed by atoms with Crippen LogP contribution in [0.4, 0.5) is 0 Å². The molecule has 0 bridgehead atoms. The normalized spacial score (nSPS) is 16.5. The Morgan fingerprint density at radius 3 is 2.64 bits per heavy atom. The summed E-state index contributed by atoms with van der Waals surface area (Å²) in [6, 6.07) is 10.4. The van der Waals surface area contributed by atoms with Gasteiger partial charge in [-0.1, -0.05) is 30.3 Å². The predicted octanol–water partition coefficient (Wildman–Crippen LogP) is 2.53. The van der Waals surface area contributed by atoms with Crippen LogP contribution in [0, 0.1) is 0 Å². The molecule has 0 radical (unpaired) electrons. The molecule has 1 aromatic rings. The molecule has 1 aromatic carbocycles. The molecule has 0 N–H and O–H groups in total. The predicted molar refractivity (Wildman–Crippen MR) is 50.1 cm³/mol. The van der Waals surface area contributed by atoms with Crippen LogP contribution < -0.4 is 0 Å². The molecule has 0 atom stereocenters. The summed E-state index contributed by atoms with van der Waals surface area (Å²) >= 11 is 1.66. The van der Waals surface area contributed by atoms with Gasteiger partial charge in [-0.05, 0) is 17.5 Å². The van der Waals surface area contributed by atoms with Crippen LogP contribution in [0.3, 0.4) is 0 Å². The van der Waals surface area contributed by atoms with Crippen molar-refractivity contribution in [2.75, 3.05) is 5.75 Å². The van der Waals surface area contributed by atoms with Gasteiger partial charge >= 0.3 is 0 Å². The lowest BCUT2D eigenvalue weighted by Crippen LogP contribution is -1.95. The van der Waals surface area contributed by atoms with Crippen LogP contribution in [-0.2, 0) is 0 Å². The summed E-state index contributed by atoms with van der Waals surface area (Å²) < 4.78 is 4.34. The Morgan fingerprint density at radius 1 is 1.18 bits per heavy atom. The fraction of sp³-hybridized carbons (Fsp3) is 0.222. The molecule has 0 spiro atoms. The van der Waals surface area contributed by atoms with Gasteiger partial charge < -0.3 is 0 Å². The molecule has 1 aliphatic rings. The molecule has 11 heavy (non-hydrogen) atoms. The fourth-order valence-electron chi connectivity index (χ4n) is 1.14. The summed E-state index contributed by atoms with van der Waals surface area (Å²) in [5.41, 5.74) is 2.52. The number of rotatable bonds is 1. The van der Waals surface area contributed by atoms with Gasteiger partial charge in [-0.2, -0.15) is 0 Å². The first-order chi connectivity index (χ1) is 5.47. The van der Waals surface area contributed by atoms with Crippen molar-refractivity contribution in [1.82, 2.24) is 0 Å². The lowest BCUT2D eigenvalue weighted by molar-refractivity contribution is 1.34. The van der Waals surface area contributed by atoms with Gasteiger partial charge in [-0.3, -0.25) is 0 Å². The van der Waals surface area contributed by atoms with Crippen LogP contribution in [0.1, 0.15) is 12.0 Å². The highest BCUT2D eigenvalue weighted by Gasteiger charge is 2.07. The van der Waals surface area contributed by atoms with Gasteiger partial charge in [-0.25, -0.2) is 4.40 Å². The summed E-state index contributed by atoms with van der Waals surface area (Å²) in [7, 11) is 0. The van der Waals surface area contributed by atoms with Crippen LogP contribution in [-0.4, -0.2) is 11.5 Å². The summed E-state index contributed by atoms with van der Waals surface area (Å²) in [6.45, 7) is 0. The first kappa shape index (κ1) is 6.92. The fourth-order valence-corrected chi connectivity index (χ4v) is 1.87. The van der Waals surface area contributed by atoms with E-state index in [2.05, 4.69) is 28.7 Å². The van der Waals surface area contributed by atoms with E-state index >= 15 is 0 Å². The van der Waals surface area contributed by atoms with Gasteiger partial charge in [0.1, 0.15) is 0 Å². The molecule has 56 valence electrons. The van der Waals surface area contributed by atoms with Crippen LogP contribution in [0.25, 0.3) is 0 Å². The van der Waals surface area contributed by atoms with Gasteiger partial charge in [0, 0.05) is 12.2 Å². The van der Waals surface area contributed by atoms with Crippen molar-refractivity contribution >= 4 is 17.7 Å². The molecule has 0 aromatic heterocycles. The molecular weight excluding hydrogens is 154 g/mol. The third-order valence-corrected chi connectivity index (χ3v) is 2.45. The zero-order chi connectivity index (χ0) is 7.52. The Balaban J connectivity index is 2.29. The molecule has 1 heterocycles. The maximum absolute atomic E-state index is 4.34. The first-order valence-corrected chi connectivity index (χ1v) is 4.65. The maximum Gasteiger partial charge on any atom is 0.0567 e. The van der Waals surface area contributed by atoms with Gasteiger partial charge in [0.2, 0.25) is 0 Å². The number of hydrogen-bond donors (Lipinski definition) is 0. The Morgan fingerprint density at radius 2 is 2.00 bits per heavy atom. The van der Waals surface area contributed by atoms with E-state index in [9.17, 15) is 0 Å². The third-order valence-electron chi connectivity index (χ3n) is 1.71. The van der Waals surface area contributed by atoms with Crippen LogP contribution in [0.2, 0.25) is 0 Å². The van der Waals surface area contributed by atoms with Crippen LogP contribution in [0.5, 0.6) is 0 Å². The van der Waals surface area contributed by atoms with E-state index < -0.39 is 0 Å². The number of hydrogen-bond acceptors (Lipinski definition) is 2. The van der Waals surface area contributed by atoms with E-state index in [0.717, 1.165) is 12.2 Å². The second-order valence-corrected chi connectivity index (χ2v) is 3.34. The van der Waals surface area contributed by atoms with E-state index in [0.29, 0.717) is 0 Å². The molecule has 1 nitrogen and oxygen atoms in total. The summed E-state index contributed by atoms with van der Waals surface area (Å²) in [5, 5.41) is 0. The van der Waals surface area contributed by atoms with Crippen molar-refractivity contribution in [3.05, 3.63) is 35.9 Å². The summed E-state index contributed by atoms with van der Waals surface area (Å²) in [6.07, 6.45) is 1.12. The second kappa shape index (κ2) is 3.09. The lowest BCUT2D eigenvalue weighted by atomic mass is 10.1. The van der Waals surface area contributed by atoms with Gasteiger partial charge in [0.05, 0.1) is 5.71 Å². The average molecular weight is 163 g/mol. The van der Waals surface area contributed by atoms with Crippen molar-refractivity contribution in [3.63, 3.8) is 0 Å². The largest absolute Gasteiger partial charge is 0.221 e. The molecular formula is C9H9NS. The number of nitrogens with zero attached hydrogens (tertiary/aromatic N) is 1. The Labute approximate surface area is 70.7 Å². The van der Waals surface area contributed by atoms with E-state index in [-0.39, 0.29) is 0 Å². The number of benzene rings is 1. The maximum atomic E-state index is 4.34. The van der Waals surface area contributed by atoms with Gasteiger partial charge in [0.15, 0.2) is 0 Å². The monoisotopic (exact) mass is 163 g/mol. The molecule has 0 aliphatic carbocycles. The second-order valence-electron chi connectivity index (χ2n) is 2.49. The van der Waals surface area contributed by atoms with Gasteiger partial charge in [0.25, 0.3) is 0 Å². The third kappa shape index (κ3) is 1.46. The summed E-state index contributed by atoms with van der Waals surface area (Å²) in [5.74, 6) is 1.14. The SMILES string of the molecule is c1ccc(C2=NSCC2)cc1. The minimum absolute atomic E-state index is 1.12. The highest BCUT2D eigenvalue weighted by Crippen LogP contribution is 2.19. The van der Waals surface area contributed by atoms with Gasteiger partial charge in [-0.15, -0.1) is 0 Å². The Bertz CT molecular complexity index is 266. The van der Waals surface area contributed by atoms with E-state index in [1.165, 1.54) is 11.3 Å². The molecule has 0 amide bonds. The minimum atomic E-state index is 1.12. The molecule has 0 saturated heterocycles. The van der Waals surface area contributed by atoms with Crippen LogP contribution in [0.15, 0.2) is 34.7 Å². The van der Waals surface area contributed by atoms with E-state index in [1.807, 2.05) is 6.07 Å². The quantitative estimate of drug-likeness (QED) is 0.579. The Kier molecular flexibility index (Phi) is 1.95. The van der Waals surface area contributed by atoms with Crippen molar-refractivity contribution in [1.29, 1.82) is 0 Å². The average Bonchev–Trinajstić information content (AvgIpc) is 2.58. The molecule has 2 rings (SSSR count). The molecule has 2 heteroatoms. The summed E-state index contributed by atoms with van der Waals surface area (Å²) in [4.78, 5) is 0. The standard InChI is InChI=1S/C9H9NS/c1-2-4-8(5-3-1)9-6-7-11-10-9/h1-5H,6-7H2. The molecule has 0 fully saturated rings. The lowest BCUT2D eigenvalue weighted by Gasteiger charge is -1.96. The van der Waals surface area contributed by atoms with Crippen molar-refractivity contribution < 1.29 is 0 Å².